The van der Waals surface area contributed by atoms with E-state index >= 15 is 0 Å². The number of carbonyl (C=O) groups excluding carboxylic acids is 1. The molecular formula is C20H20N2O5. The smallest absolute Gasteiger partial charge is 0.339 e. The van der Waals surface area contributed by atoms with E-state index in [1.807, 2.05) is 6.07 Å². The molecule has 4 rings (SSSR count). The molecule has 140 valence electrons. The van der Waals surface area contributed by atoms with E-state index in [2.05, 4.69) is 10.1 Å². The van der Waals surface area contributed by atoms with Gasteiger partial charge in [0.15, 0.2) is 11.5 Å². The Kier molecular flexibility index (Phi) is 4.43. The van der Waals surface area contributed by atoms with Crippen molar-refractivity contribution in [3.63, 3.8) is 0 Å². The SMILES string of the molecule is COc1ccc(COC(=O)c2cc(C3CC3)nc3onc(C)c23)cc1OC. The van der Waals surface area contributed by atoms with Gasteiger partial charge in [-0.15, -0.1) is 0 Å². The fraction of sp³-hybridized carbons (Fsp3) is 0.350. The van der Waals surface area contributed by atoms with Crippen LogP contribution in [0.4, 0.5) is 0 Å². The van der Waals surface area contributed by atoms with Crippen molar-refractivity contribution in [1.29, 1.82) is 0 Å². The van der Waals surface area contributed by atoms with Crippen molar-refractivity contribution in [3.8, 4) is 11.5 Å². The lowest BCUT2D eigenvalue weighted by Crippen LogP contribution is -2.08. The molecule has 0 atom stereocenters. The molecule has 7 heteroatoms. The lowest BCUT2D eigenvalue weighted by atomic mass is 10.1. The van der Waals surface area contributed by atoms with Gasteiger partial charge in [-0.05, 0) is 43.5 Å². The van der Waals surface area contributed by atoms with Crippen molar-refractivity contribution in [2.24, 2.45) is 0 Å². The maximum Gasteiger partial charge on any atom is 0.339 e. The van der Waals surface area contributed by atoms with Crippen molar-refractivity contribution in [1.82, 2.24) is 10.1 Å². The summed E-state index contributed by atoms with van der Waals surface area (Å²) in [6.45, 7) is 1.90. The van der Waals surface area contributed by atoms with E-state index in [-0.39, 0.29) is 6.61 Å². The lowest BCUT2D eigenvalue weighted by molar-refractivity contribution is 0.0474. The van der Waals surface area contributed by atoms with Gasteiger partial charge in [0.25, 0.3) is 5.71 Å². The Morgan fingerprint density at radius 2 is 1.96 bits per heavy atom. The summed E-state index contributed by atoms with van der Waals surface area (Å²) >= 11 is 0. The number of fused-ring (bicyclic) bond motifs is 1. The molecule has 7 nitrogen and oxygen atoms in total. The van der Waals surface area contributed by atoms with Crippen LogP contribution in [0.25, 0.3) is 11.1 Å². The van der Waals surface area contributed by atoms with Crippen LogP contribution in [0.5, 0.6) is 11.5 Å². The Morgan fingerprint density at radius 1 is 1.19 bits per heavy atom. The highest BCUT2D eigenvalue weighted by molar-refractivity contribution is 6.03. The molecule has 0 radical (unpaired) electrons. The zero-order valence-corrected chi connectivity index (χ0v) is 15.4. The Bertz CT molecular complexity index is 1010. The van der Waals surface area contributed by atoms with Crippen molar-refractivity contribution in [3.05, 3.63) is 46.8 Å². The van der Waals surface area contributed by atoms with Crippen LogP contribution < -0.4 is 9.47 Å². The van der Waals surface area contributed by atoms with E-state index in [0.29, 0.717) is 39.8 Å². The highest BCUT2D eigenvalue weighted by Crippen LogP contribution is 2.40. The van der Waals surface area contributed by atoms with Gasteiger partial charge in [0, 0.05) is 11.6 Å². The van der Waals surface area contributed by atoms with Gasteiger partial charge >= 0.3 is 5.97 Å². The number of pyridine rings is 1. The number of methoxy groups -OCH3 is 2. The van der Waals surface area contributed by atoms with Crippen LogP contribution >= 0.6 is 0 Å². The average molecular weight is 368 g/mol. The van der Waals surface area contributed by atoms with Gasteiger partial charge in [-0.3, -0.25) is 0 Å². The number of carbonyl (C=O) groups is 1. The minimum Gasteiger partial charge on any atom is -0.493 e. The Balaban J connectivity index is 1.59. The lowest BCUT2D eigenvalue weighted by Gasteiger charge is -2.10. The molecule has 0 saturated heterocycles. The molecule has 0 N–H and O–H groups in total. The number of ether oxygens (including phenoxy) is 3. The normalized spacial score (nSPS) is 13.6. The van der Waals surface area contributed by atoms with Gasteiger partial charge in [0.2, 0.25) is 0 Å². The Hall–Kier alpha value is -3.09. The summed E-state index contributed by atoms with van der Waals surface area (Å²) in [7, 11) is 3.14. The van der Waals surface area contributed by atoms with Crippen molar-refractivity contribution in [2.45, 2.75) is 32.3 Å². The largest absolute Gasteiger partial charge is 0.493 e. The number of nitrogens with zero attached hydrogens (tertiary/aromatic N) is 2. The van der Waals surface area contributed by atoms with Crippen LogP contribution in [0, 0.1) is 6.92 Å². The molecule has 1 aromatic carbocycles. The third kappa shape index (κ3) is 3.32. The Morgan fingerprint density at radius 3 is 2.67 bits per heavy atom. The molecule has 0 bridgehead atoms. The fourth-order valence-corrected chi connectivity index (χ4v) is 3.06. The molecule has 1 aliphatic rings. The molecule has 1 aliphatic carbocycles. The molecule has 2 heterocycles. The van der Waals surface area contributed by atoms with Gasteiger partial charge in [0.05, 0.1) is 30.9 Å². The van der Waals surface area contributed by atoms with Crippen LogP contribution in [-0.2, 0) is 11.3 Å². The first-order valence-electron chi connectivity index (χ1n) is 8.75. The molecule has 0 unspecified atom stereocenters. The summed E-state index contributed by atoms with van der Waals surface area (Å²) < 4.78 is 21.3. The maximum absolute atomic E-state index is 12.8. The monoisotopic (exact) mass is 368 g/mol. The average Bonchev–Trinajstić information content (AvgIpc) is 3.48. The van der Waals surface area contributed by atoms with Crippen molar-refractivity contribution in [2.75, 3.05) is 14.2 Å². The maximum atomic E-state index is 12.8. The first-order chi connectivity index (χ1) is 13.1. The third-order valence-corrected chi connectivity index (χ3v) is 4.67. The number of aryl methyl sites for hydroxylation is 1. The second-order valence-electron chi connectivity index (χ2n) is 6.58. The molecule has 1 fully saturated rings. The molecule has 3 aromatic rings. The third-order valence-electron chi connectivity index (χ3n) is 4.67. The Labute approximate surface area is 156 Å². The number of hydrogen-bond acceptors (Lipinski definition) is 7. The van der Waals surface area contributed by atoms with E-state index < -0.39 is 5.97 Å². The fourth-order valence-electron chi connectivity index (χ4n) is 3.06. The van der Waals surface area contributed by atoms with Gasteiger partial charge in [-0.25, -0.2) is 9.78 Å². The number of aromatic nitrogens is 2. The molecule has 27 heavy (non-hydrogen) atoms. The second-order valence-corrected chi connectivity index (χ2v) is 6.58. The number of esters is 1. The van der Waals surface area contributed by atoms with Crippen LogP contribution in [0.2, 0.25) is 0 Å². The topological polar surface area (TPSA) is 83.7 Å². The van der Waals surface area contributed by atoms with Crippen LogP contribution in [0.3, 0.4) is 0 Å². The van der Waals surface area contributed by atoms with Gasteiger partial charge in [-0.2, -0.15) is 0 Å². The number of rotatable bonds is 6. The summed E-state index contributed by atoms with van der Waals surface area (Å²) in [4.78, 5) is 17.3. The van der Waals surface area contributed by atoms with Crippen LogP contribution in [0.15, 0.2) is 28.8 Å². The minimum absolute atomic E-state index is 0.117. The first kappa shape index (κ1) is 17.3. The highest BCUT2D eigenvalue weighted by atomic mass is 16.5. The molecular weight excluding hydrogens is 348 g/mol. The second kappa shape index (κ2) is 6.90. The van der Waals surface area contributed by atoms with E-state index in [1.54, 1.807) is 39.3 Å². The summed E-state index contributed by atoms with van der Waals surface area (Å²) in [5, 5.41) is 4.55. The predicted octanol–water partition coefficient (Wildman–Crippen LogP) is 3.78. The van der Waals surface area contributed by atoms with E-state index in [0.717, 1.165) is 24.1 Å². The predicted molar refractivity (Wildman–Crippen MR) is 97.2 cm³/mol. The minimum atomic E-state index is -0.426. The molecule has 0 spiro atoms. The number of benzene rings is 1. The zero-order chi connectivity index (χ0) is 19.0. The van der Waals surface area contributed by atoms with Gasteiger partial charge in [-0.1, -0.05) is 11.2 Å². The van der Waals surface area contributed by atoms with Crippen molar-refractivity contribution < 1.29 is 23.5 Å². The molecule has 2 aromatic heterocycles. The standard InChI is InChI=1S/C20H20N2O5/c1-11-18-14(9-15(13-5-6-13)21-19(18)27-22-11)20(23)26-10-12-4-7-16(24-2)17(8-12)25-3/h4,7-9,13H,5-6,10H2,1-3H3. The summed E-state index contributed by atoms with van der Waals surface area (Å²) in [6.07, 6.45) is 2.15. The highest BCUT2D eigenvalue weighted by Gasteiger charge is 2.29. The molecule has 0 amide bonds. The first-order valence-corrected chi connectivity index (χ1v) is 8.75. The van der Waals surface area contributed by atoms with Crippen LogP contribution in [-0.4, -0.2) is 30.3 Å². The summed E-state index contributed by atoms with van der Waals surface area (Å²) in [5.41, 5.74) is 3.11. The van der Waals surface area contributed by atoms with Gasteiger partial charge in [0.1, 0.15) is 6.61 Å². The van der Waals surface area contributed by atoms with Crippen molar-refractivity contribution >= 4 is 17.1 Å². The van der Waals surface area contributed by atoms with E-state index in [1.165, 1.54) is 0 Å². The summed E-state index contributed by atoms with van der Waals surface area (Å²) in [5.74, 6) is 1.17. The van der Waals surface area contributed by atoms with E-state index in [9.17, 15) is 4.79 Å². The van der Waals surface area contributed by atoms with E-state index in [4.69, 9.17) is 18.7 Å². The van der Waals surface area contributed by atoms with Gasteiger partial charge < -0.3 is 18.7 Å². The summed E-state index contributed by atoms with van der Waals surface area (Å²) in [6, 6.07) is 7.20. The number of hydrogen-bond donors (Lipinski definition) is 0. The molecule has 0 aliphatic heterocycles. The zero-order valence-electron chi connectivity index (χ0n) is 15.4. The molecule has 1 saturated carbocycles. The van der Waals surface area contributed by atoms with Crippen LogP contribution in [0.1, 0.15) is 46.1 Å². The quantitative estimate of drug-likeness (QED) is 0.612.